The van der Waals surface area contributed by atoms with Crippen molar-refractivity contribution in [3.8, 4) is 11.3 Å². The van der Waals surface area contributed by atoms with E-state index in [9.17, 15) is 5.11 Å². The molecule has 7 nitrogen and oxygen atoms in total. The molecular formula is C18H21N5O2. The van der Waals surface area contributed by atoms with Crippen LogP contribution in [0.4, 0.5) is 5.82 Å². The van der Waals surface area contributed by atoms with Crippen LogP contribution in [0.1, 0.15) is 12.8 Å². The molecule has 1 aliphatic carbocycles. The summed E-state index contributed by atoms with van der Waals surface area (Å²) in [5, 5.41) is 17.5. The zero-order chi connectivity index (χ0) is 17.1. The normalized spacial score (nSPS) is 15.4. The number of anilines is 1. The number of hydrogen-bond donors (Lipinski definition) is 2. The lowest BCUT2D eigenvalue weighted by Crippen LogP contribution is -2.26. The molecule has 7 heteroatoms. The summed E-state index contributed by atoms with van der Waals surface area (Å²) in [5.74, 6) is 1.95. The lowest BCUT2D eigenvalue weighted by Gasteiger charge is -2.14. The highest BCUT2D eigenvalue weighted by Crippen LogP contribution is 2.28. The number of hydrogen-bond acceptors (Lipinski definition) is 6. The number of ether oxygens (including phenoxy) is 1. The second-order valence-electron chi connectivity index (χ2n) is 6.38. The van der Waals surface area contributed by atoms with Gasteiger partial charge in [0.05, 0.1) is 18.4 Å². The topological polar surface area (TPSA) is 84.6 Å². The quantitative estimate of drug-likeness (QED) is 0.653. The third-order valence-corrected chi connectivity index (χ3v) is 4.20. The van der Waals surface area contributed by atoms with Crippen molar-refractivity contribution in [1.82, 2.24) is 19.6 Å². The fourth-order valence-electron chi connectivity index (χ4n) is 2.63. The number of aliphatic hydroxyl groups excluding tert-OH is 1. The molecule has 130 valence electrons. The maximum atomic E-state index is 10.1. The Morgan fingerprint density at radius 2 is 2.12 bits per heavy atom. The minimum absolute atomic E-state index is 0.334. The van der Waals surface area contributed by atoms with E-state index in [1.807, 2.05) is 36.4 Å². The molecule has 1 aromatic carbocycles. The largest absolute Gasteiger partial charge is 0.389 e. The highest BCUT2D eigenvalue weighted by molar-refractivity contribution is 5.65. The fraction of sp³-hybridized carbons (Fsp3) is 0.389. The van der Waals surface area contributed by atoms with Crippen LogP contribution in [0.15, 0.2) is 42.7 Å². The van der Waals surface area contributed by atoms with Crippen LogP contribution in [0.2, 0.25) is 0 Å². The van der Waals surface area contributed by atoms with Crippen LogP contribution < -0.4 is 5.32 Å². The van der Waals surface area contributed by atoms with Crippen molar-refractivity contribution >= 4 is 11.6 Å². The molecule has 1 saturated carbocycles. The van der Waals surface area contributed by atoms with E-state index >= 15 is 0 Å². The first-order valence-electron chi connectivity index (χ1n) is 8.55. The summed E-state index contributed by atoms with van der Waals surface area (Å²) in [4.78, 5) is 8.71. The summed E-state index contributed by atoms with van der Waals surface area (Å²) in [6.45, 7) is 1.45. The molecule has 0 amide bonds. The molecular weight excluding hydrogens is 318 g/mol. The maximum absolute atomic E-state index is 10.1. The number of rotatable bonds is 8. The smallest absolute Gasteiger partial charge is 0.254 e. The average Bonchev–Trinajstić information content (AvgIpc) is 3.34. The van der Waals surface area contributed by atoms with Crippen molar-refractivity contribution in [1.29, 1.82) is 0 Å². The Morgan fingerprint density at radius 3 is 2.92 bits per heavy atom. The van der Waals surface area contributed by atoms with E-state index in [0.29, 0.717) is 24.8 Å². The highest BCUT2D eigenvalue weighted by atomic mass is 16.5. The van der Waals surface area contributed by atoms with Gasteiger partial charge in [-0.25, -0.2) is 4.98 Å². The van der Waals surface area contributed by atoms with Gasteiger partial charge in [-0.2, -0.15) is 14.6 Å². The average molecular weight is 339 g/mol. The van der Waals surface area contributed by atoms with E-state index in [2.05, 4.69) is 20.4 Å². The highest BCUT2D eigenvalue weighted by Gasteiger charge is 2.21. The number of nitrogens with one attached hydrogen (secondary N) is 1. The van der Waals surface area contributed by atoms with Crippen molar-refractivity contribution < 1.29 is 9.84 Å². The van der Waals surface area contributed by atoms with Gasteiger partial charge < -0.3 is 15.2 Å². The maximum Gasteiger partial charge on any atom is 0.254 e. The molecule has 2 aromatic heterocycles. The first kappa shape index (κ1) is 16.0. The molecule has 3 aromatic rings. The Morgan fingerprint density at radius 1 is 1.28 bits per heavy atom. The first-order chi connectivity index (χ1) is 12.3. The number of fused-ring (bicyclic) bond motifs is 1. The zero-order valence-electron chi connectivity index (χ0n) is 13.9. The molecule has 1 atom stereocenters. The monoisotopic (exact) mass is 339 g/mol. The van der Waals surface area contributed by atoms with E-state index in [-0.39, 0.29) is 0 Å². The second-order valence-corrected chi connectivity index (χ2v) is 6.38. The molecule has 0 saturated heterocycles. The molecule has 25 heavy (non-hydrogen) atoms. The summed E-state index contributed by atoms with van der Waals surface area (Å²) in [6.07, 6.45) is 3.39. The van der Waals surface area contributed by atoms with Gasteiger partial charge in [0.2, 0.25) is 0 Å². The lowest BCUT2D eigenvalue weighted by atomic mass is 10.1. The lowest BCUT2D eigenvalue weighted by molar-refractivity contribution is 0.0385. The first-order valence-corrected chi connectivity index (χ1v) is 8.55. The van der Waals surface area contributed by atoms with Gasteiger partial charge in [-0.3, -0.25) is 0 Å². The Kier molecular flexibility index (Phi) is 4.58. The molecule has 0 spiro atoms. The van der Waals surface area contributed by atoms with Gasteiger partial charge in [0.1, 0.15) is 12.1 Å². The van der Waals surface area contributed by atoms with Gasteiger partial charge in [0, 0.05) is 24.8 Å². The molecule has 1 aliphatic rings. The SMILES string of the molecule is O[C@H](CNc1cc(-c2ccccc2)nc2ncnn12)COCC1CC1. The Labute approximate surface area is 145 Å². The van der Waals surface area contributed by atoms with Crippen LogP contribution in [0.3, 0.4) is 0 Å². The molecule has 4 rings (SSSR count). The predicted molar refractivity (Wildman–Crippen MR) is 94.3 cm³/mol. The predicted octanol–water partition coefficient (Wildman–Crippen LogP) is 1.99. The summed E-state index contributed by atoms with van der Waals surface area (Å²) < 4.78 is 7.17. The molecule has 0 bridgehead atoms. The molecule has 1 fully saturated rings. The van der Waals surface area contributed by atoms with Gasteiger partial charge in [-0.1, -0.05) is 30.3 Å². The standard InChI is InChI=1S/C18H21N5O2/c24-15(11-25-10-13-6-7-13)9-19-17-8-16(14-4-2-1-3-5-14)22-18-20-12-21-23(17)18/h1-5,8,12-13,15,19,24H,6-7,9-11H2/t15-/m1/s1. The van der Waals surface area contributed by atoms with Gasteiger partial charge in [-0.15, -0.1) is 0 Å². The molecule has 2 heterocycles. The van der Waals surface area contributed by atoms with E-state index in [1.54, 1.807) is 4.52 Å². The summed E-state index contributed by atoms with van der Waals surface area (Å²) in [6, 6.07) is 11.8. The Bertz CT molecular complexity index is 832. The van der Waals surface area contributed by atoms with Crippen LogP contribution in [-0.4, -0.2) is 50.6 Å². The van der Waals surface area contributed by atoms with Crippen LogP contribution >= 0.6 is 0 Å². The summed E-state index contributed by atoms with van der Waals surface area (Å²) >= 11 is 0. The minimum Gasteiger partial charge on any atom is -0.389 e. The van der Waals surface area contributed by atoms with Crippen LogP contribution in [0.5, 0.6) is 0 Å². The minimum atomic E-state index is -0.578. The van der Waals surface area contributed by atoms with Gasteiger partial charge >= 0.3 is 0 Å². The third-order valence-electron chi connectivity index (χ3n) is 4.20. The summed E-state index contributed by atoms with van der Waals surface area (Å²) in [7, 11) is 0. The van der Waals surface area contributed by atoms with Crippen molar-refractivity contribution in [3.05, 3.63) is 42.7 Å². The van der Waals surface area contributed by atoms with Crippen molar-refractivity contribution in [3.63, 3.8) is 0 Å². The number of benzene rings is 1. The second kappa shape index (κ2) is 7.16. The third kappa shape index (κ3) is 3.94. The zero-order valence-corrected chi connectivity index (χ0v) is 13.9. The van der Waals surface area contributed by atoms with Crippen molar-refractivity contribution in [2.24, 2.45) is 5.92 Å². The molecule has 0 aliphatic heterocycles. The van der Waals surface area contributed by atoms with Crippen LogP contribution in [0.25, 0.3) is 17.0 Å². The van der Waals surface area contributed by atoms with E-state index in [1.165, 1.54) is 19.2 Å². The number of aromatic nitrogens is 4. The van der Waals surface area contributed by atoms with E-state index in [4.69, 9.17) is 4.74 Å². The number of aliphatic hydroxyl groups is 1. The Balaban J connectivity index is 1.47. The van der Waals surface area contributed by atoms with Gasteiger partial charge in [-0.05, 0) is 18.8 Å². The van der Waals surface area contributed by atoms with Crippen LogP contribution in [0, 0.1) is 5.92 Å². The summed E-state index contributed by atoms with van der Waals surface area (Å²) in [5.41, 5.74) is 1.81. The van der Waals surface area contributed by atoms with E-state index < -0.39 is 6.10 Å². The number of nitrogens with zero attached hydrogens (tertiary/aromatic N) is 4. The van der Waals surface area contributed by atoms with Crippen LogP contribution in [-0.2, 0) is 4.74 Å². The molecule has 0 unspecified atom stereocenters. The Hall–Kier alpha value is -2.51. The van der Waals surface area contributed by atoms with Crippen molar-refractivity contribution in [2.75, 3.05) is 25.1 Å². The molecule has 2 N–H and O–H groups in total. The molecule has 0 radical (unpaired) electrons. The van der Waals surface area contributed by atoms with E-state index in [0.717, 1.165) is 23.7 Å². The van der Waals surface area contributed by atoms with Gasteiger partial charge in [0.15, 0.2) is 0 Å². The fourth-order valence-corrected chi connectivity index (χ4v) is 2.63. The van der Waals surface area contributed by atoms with Crippen molar-refractivity contribution in [2.45, 2.75) is 18.9 Å². The van der Waals surface area contributed by atoms with Gasteiger partial charge in [0.25, 0.3) is 5.78 Å².